The Balaban J connectivity index is 1.47. The van der Waals surface area contributed by atoms with Crippen LogP contribution in [0.25, 0.3) is 0 Å². The van der Waals surface area contributed by atoms with Gasteiger partial charge >= 0.3 is 5.91 Å². The van der Waals surface area contributed by atoms with Crippen LogP contribution >= 0.6 is 0 Å². The molecule has 2 N–H and O–H groups in total. The molecule has 0 bridgehead atoms. The van der Waals surface area contributed by atoms with E-state index in [9.17, 15) is 9.59 Å². The van der Waals surface area contributed by atoms with E-state index in [0.29, 0.717) is 29.9 Å². The predicted octanol–water partition coefficient (Wildman–Crippen LogP) is 5.45. The third-order valence-corrected chi connectivity index (χ3v) is 10.7. The molecule has 7 atom stereocenters. The lowest BCUT2D eigenvalue weighted by Gasteiger charge is -2.59. The highest BCUT2D eigenvalue weighted by atomic mass is 19.1. The first-order chi connectivity index (χ1) is 15.7. The Kier molecular flexibility index (Phi) is 4.57. The maximum absolute atomic E-state index is 15.3. The van der Waals surface area contributed by atoms with Crippen LogP contribution in [0.2, 0.25) is 0 Å². The monoisotopic (exact) mass is 451 g/mol. The Hall–Kier alpha value is -2.01. The molecule has 176 valence electrons. The number of carbonyl (C=O) groups is 2. The van der Waals surface area contributed by atoms with Crippen molar-refractivity contribution in [3.63, 3.8) is 0 Å². The molecule has 1 aromatic rings. The summed E-state index contributed by atoms with van der Waals surface area (Å²) in [6.45, 7) is 4.66. The number of carbonyl (C=O) groups excluding carboxylic acids is 2. The van der Waals surface area contributed by atoms with Crippen LogP contribution in [0, 0.1) is 40.3 Å². The molecule has 4 aliphatic carbocycles. The number of amides is 2. The van der Waals surface area contributed by atoms with Gasteiger partial charge in [0.15, 0.2) is 11.5 Å². The fraction of sp³-hybridized carbons (Fsp3) is 0.643. The normalized spacial score (nSPS) is 44.5. The molecule has 5 heteroatoms. The number of nitrogens with zero attached hydrogens (tertiary/aromatic N) is 1. The van der Waals surface area contributed by atoms with Crippen molar-refractivity contribution in [3.05, 3.63) is 41.9 Å². The zero-order chi connectivity index (χ0) is 23.2. The number of primary amides is 1. The molecule has 0 radical (unpaired) electrons. The standard InChI is InChI=1S/C28H35FN2O2/c1-27-15-13-20-18(19(27)10-11-21(27)26(30)33)9-12-24-28(20,2)16-14-25(32)31(24,17-7-8-17)23-6-4-3-5-22(23)29/h3-6,12,17-21H,7-11,13-16H2,1-2H3,(H-,30,33)/p+1/t18-,19-,20-,21+,27-,28+,31?/m0/s1. The van der Waals surface area contributed by atoms with Crippen LogP contribution in [-0.4, -0.2) is 17.9 Å². The first kappa shape index (κ1) is 21.5. The van der Waals surface area contributed by atoms with Crippen LogP contribution in [0.1, 0.15) is 71.6 Å². The molecule has 33 heavy (non-hydrogen) atoms. The van der Waals surface area contributed by atoms with Gasteiger partial charge in [0.05, 0.1) is 6.42 Å². The van der Waals surface area contributed by atoms with Crippen LogP contribution in [0.3, 0.4) is 0 Å². The lowest BCUT2D eigenvalue weighted by atomic mass is 9.48. The molecule has 3 saturated carbocycles. The quantitative estimate of drug-likeness (QED) is 0.621. The van der Waals surface area contributed by atoms with Crippen molar-refractivity contribution >= 4 is 17.5 Å². The molecule has 1 heterocycles. The summed E-state index contributed by atoms with van der Waals surface area (Å²) in [5.74, 6) is 1.23. The van der Waals surface area contributed by atoms with Crippen molar-refractivity contribution in [1.29, 1.82) is 0 Å². The van der Waals surface area contributed by atoms with Gasteiger partial charge in [-0.2, -0.15) is 4.48 Å². The van der Waals surface area contributed by atoms with E-state index in [1.165, 1.54) is 11.8 Å². The summed E-state index contributed by atoms with van der Waals surface area (Å²) in [5.41, 5.74) is 7.43. The summed E-state index contributed by atoms with van der Waals surface area (Å²) < 4.78 is 15.4. The smallest absolute Gasteiger partial charge is 0.323 e. The number of quaternary nitrogens is 1. The molecule has 5 aliphatic rings. The minimum Gasteiger partial charge on any atom is -0.369 e. The largest absolute Gasteiger partial charge is 0.369 e. The molecule has 1 saturated heterocycles. The van der Waals surface area contributed by atoms with E-state index in [-0.39, 0.29) is 44.9 Å². The second kappa shape index (κ2) is 7.00. The van der Waals surface area contributed by atoms with E-state index < -0.39 is 0 Å². The molecule has 1 aliphatic heterocycles. The van der Waals surface area contributed by atoms with Crippen molar-refractivity contribution in [3.8, 4) is 0 Å². The number of likely N-dealkylation sites (tertiary alicyclic amines) is 1. The average molecular weight is 452 g/mol. The fourth-order valence-electron chi connectivity index (χ4n) is 9.14. The number of rotatable bonds is 3. The molecule has 2 amide bonds. The number of hydrogen-bond donors (Lipinski definition) is 1. The zero-order valence-electron chi connectivity index (χ0n) is 19.9. The average Bonchev–Trinajstić information content (AvgIpc) is 3.56. The van der Waals surface area contributed by atoms with E-state index in [4.69, 9.17) is 5.73 Å². The van der Waals surface area contributed by atoms with Gasteiger partial charge in [0.25, 0.3) is 0 Å². The third kappa shape index (κ3) is 2.66. The lowest BCUT2D eigenvalue weighted by molar-refractivity contribution is -0.139. The zero-order valence-corrected chi connectivity index (χ0v) is 19.9. The number of nitrogens with two attached hydrogens (primary N) is 1. The van der Waals surface area contributed by atoms with Gasteiger partial charge in [-0.25, -0.2) is 9.18 Å². The van der Waals surface area contributed by atoms with E-state index in [0.717, 1.165) is 51.4 Å². The molecular formula is C28H36FN2O2+. The first-order valence-corrected chi connectivity index (χ1v) is 12.9. The number of fused-ring (bicyclic) bond motifs is 5. The van der Waals surface area contributed by atoms with E-state index >= 15 is 4.39 Å². The first-order valence-electron chi connectivity index (χ1n) is 12.9. The summed E-state index contributed by atoms with van der Waals surface area (Å²) in [6, 6.07) is 7.12. The van der Waals surface area contributed by atoms with E-state index in [1.54, 1.807) is 6.07 Å². The molecule has 0 aromatic heterocycles. The van der Waals surface area contributed by atoms with Crippen molar-refractivity contribution in [1.82, 2.24) is 4.48 Å². The van der Waals surface area contributed by atoms with E-state index in [1.807, 2.05) is 12.1 Å². The van der Waals surface area contributed by atoms with Gasteiger partial charge in [-0.15, -0.1) is 0 Å². The maximum Gasteiger partial charge on any atom is 0.323 e. The Labute approximate surface area is 196 Å². The van der Waals surface area contributed by atoms with Gasteiger partial charge < -0.3 is 5.73 Å². The number of hydrogen-bond acceptors (Lipinski definition) is 2. The van der Waals surface area contributed by atoms with Gasteiger partial charge in [-0.3, -0.25) is 4.79 Å². The van der Waals surface area contributed by atoms with Crippen LogP contribution in [0.5, 0.6) is 0 Å². The molecule has 1 unspecified atom stereocenters. The second-order valence-electron chi connectivity index (χ2n) is 12.0. The topological polar surface area (TPSA) is 60.2 Å². The van der Waals surface area contributed by atoms with Crippen molar-refractivity contribution in [2.24, 2.45) is 40.2 Å². The number of para-hydroxylation sites is 1. The van der Waals surface area contributed by atoms with Crippen LogP contribution in [0.15, 0.2) is 36.0 Å². The molecule has 4 nitrogen and oxygen atoms in total. The Morgan fingerprint density at radius 2 is 1.82 bits per heavy atom. The highest BCUT2D eigenvalue weighted by Crippen LogP contribution is 2.68. The minimum absolute atomic E-state index is 0.00678. The Bertz CT molecular complexity index is 1060. The predicted molar refractivity (Wildman–Crippen MR) is 126 cm³/mol. The van der Waals surface area contributed by atoms with Gasteiger partial charge in [-0.05, 0) is 73.8 Å². The lowest BCUT2D eigenvalue weighted by Crippen LogP contribution is -2.65. The third-order valence-electron chi connectivity index (χ3n) is 10.7. The Morgan fingerprint density at radius 3 is 2.52 bits per heavy atom. The van der Waals surface area contributed by atoms with Gasteiger partial charge in [0.2, 0.25) is 5.91 Å². The fourth-order valence-corrected chi connectivity index (χ4v) is 9.14. The Morgan fingerprint density at radius 1 is 1.06 bits per heavy atom. The van der Waals surface area contributed by atoms with Gasteiger partial charge in [0.1, 0.15) is 11.7 Å². The number of halogens is 1. The summed E-state index contributed by atoms with van der Waals surface area (Å²) in [6.07, 6.45) is 10.6. The summed E-state index contributed by atoms with van der Waals surface area (Å²) in [4.78, 5) is 26.0. The second-order valence-corrected chi connectivity index (χ2v) is 12.0. The van der Waals surface area contributed by atoms with Gasteiger partial charge in [-0.1, -0.05) is 26.0 Å². The number of benzene rings is 1. The van der Waals surface area contributed by atoms with Crippen LogP contribution < -0.4 is 10.2 Å². The molecule has 0 spiro atoms. The number of piperidine rings is 1. The maximum atomic E-state index is 15.3. The number of allylic oxidation sites excluding steroid dienone is 2. The van der Waals surface area contributed by atoms with Crippen LogP contribution in [0.4, 0.5) is 10.1 Å². The molecule has 1 aromatic carbocycles. The highest BCUT2D eigenvalue weighted by molar-refractivity contribution is 5.94. The molecular weight excluding hydrogens is 415 g/mol. The molecule has 6 rings (SSSR count). The van der Waals surface area contributed by atoms with Crippen LogP contribution in [-0.2, 0) is 9.59 Å². The molecule has 4 fully saturated rings. The van der Waals surface area contributed by atoms with Crippen molar-refractivity contribution in [2.75, 3.05) is 0 Å². The summed E-state index contributed by atoms with van der Waals surface area (Å²) >= 11 is 0. The summed E-state index contributed by atoms with van der Waals surface area (Å²) in [5, 5.41) is 0. The summed E-state index contributed by atoms with van der Waals surface area (Å²) in [7, 11) is 0. The van der Waals surface area contributed by atoms with E-state index in [2.05, 4.69) is 19.9 Å². The highest BCUT2D eigenvalue weighted by Gasteiger charge is 2.68. The van der Waals surface area contributed by atoms with Crippen molar-refractivity contribution in [2.45, 2.75) is 77.7 Å². The van der Waals surface area contributed by atoms with Gasteiger partial charge in [0, 0.05) is 30.2 Å². The SMILES string of the molecule is C[C@]12CC[C@H]3[C@@H](CC=C4[C@]3(C)CCC(=O)[N+]4(c3ccccc3F)C3CC3)[C@@H]1CC[C@@H]2C(N)=O. The minimum atomic E-state index is -0.263. The van der Waals surface area contributed by atoms with Crippen molar-refractivity contribution < 1.29 is 14.0 Å².